The highest BCUT2D eigenvalue weighted by Gasteiger charge is 2.17. The largest absolute Gasteiger partial charge is 0.497 e. The number of anilines is 1. The summed E-state index contributed by atoms with van der Waals surface area (Å²) in [5.74, 6) is 0.0138. The number of nitrogens with two attached hydrogens (primary N) is 1. The molecule has 10 heteroatoms. The molecule has 2 aromatic carbocycles. The summed E-state index contributed by atoms with van der Waals surface area (Å²) >= 11 is 0. The van der Waals surface area contributed by atoms with E-state index in [2.05, 4.69) is 37.3 Å². The molecule has 0 fully saturated rings. The lowest BCUT2D eigenvalue weighted by molar-refractivity contribution is 0.0963. The summed E-state index contributed by atoms with van der Waals surface area (Å²) in [6.07, 6.45) is 4.39. The quantitative estimate of drug-likeness (QED) is 0.347. The van der Waals surface area contributed by atoms with Crippen LogP contribution in [0.2, 0.25) is 0 Å². The van der Waals surface area contributed by atoms with Crippen molar-refractivity contribution in [1.29, 1.82) is 0 Å². The van der Waals surface area contributed by atoms with E-state index in [1.165, 1.54) is 26.6 Å². The summed E-state index contributed by atoms with van der Waals surface area (Å²) in [7, 11) is 3.05. The summed E-state index contributed by atoms with van der Waals surface area (Å²) in [5, 5.41) is 7.13. The van der Waals surface area contributed by atoms with E-state index in [9.17, 15) is 9.59 Å². The van der Waals surface area contributed by atoms with Gasteiger partial charge in [0.25, 0.3) is 11.8 Å². The van der Waals surface area contributed by atoms with Gasteiger partial charge in [-0.15, -0.1) is 0 Å². The number of aliphatic imine (C=N–C) groups is 1. The van der Waals surface area contributed by atoms with Gasteiger partial charge in [0.15, 0.2) is 0 Å². The van der Waals surface area contributed by atoms with Crippen LogP contribution >= 0.6 is 0 Å². The Hall–Kier alpha value is -4.73. The molecular weight excluding hydrogens is 422 g/mol. The highest BCUT2D eigenvalue weighted by Crippen LogP contribution is 2.25. The topological polar surface area (TPSA) is 147 Å². The van der Waals surface area contributed by atoms with Crippen molar-refractivity contribution in [3.8, 4) is 5.75 Å². The van der Waals surface area contributed by atoms with Crippen LogP contribution in [0.15, 0.2) is 66.1 Å². The van der Waals surface area contributed by atoms with Crippen molar-refractivity contribution in [2.24, 2.45) is 10.7 Å². The number of methoxy groups -OCH3 is 1. The molecule has 10 nitrogen and oxygen atoms in total. The Morgan fingerprint density at radius 1 is 1.18 bits per heavy atom. The third-order valence-electron chi connectivity index (χ3n) is 4.55. The van der Waals surface area contributed by atoms with Crippen molar-refractivity contribution in [2.45, 2.75) is 0 Å². The minimum Gasteiger partial charge on any atom is -0.497 e. The molecule has 5 N–H and O–H groups in total. The average Bonchev–Trinajstić information content (AvgIpc) is 3.25. The molecule has 0 aliphatic rings. The molecule has 0 saturated heterocycles. The second-order valence-corrected chi connectivity index (χ2v) is 6.63. The van der Waals surface area contributed by atoms with E-state index in [-0.39, 0.29) is 17.5 Å². The van der Waals surface area contributed by atoms with E-state index in [0.29, 0.717) is 22.3 Å². The maximum absolute atomic E-state index is 12.6. The third kappa shape index (κ3) is 5.31. The van der Waals surface area contributed by atoms with E-state index in [0.717, 1.165) is 10.8 Å². The fraction of sp³-hybridized carbons (Fsp3) is 0.0870. The van der Waals surface area contributed by atoms with Crippen LogP contribution in [0.5, 0.6) is 5.75 Å². The molecule has 2 heterocycles. The predicted octanol–water partition coefficient (Wildman–Crippen LogP) is 2.85. The molecule has 0 unspecified atom stereocenters. The molecule has 0 spiro atoms. The highest BCUT2D eigenvalue weighted by atomic mass is 16.5. The van der Waals surface area contributed by atoms with Gasteiger partial charge < -0.3 is 20.8 Å². The standard InChI is InChI=1S/C20H17N5O3.C3H6N2/c1-21-18(26)14-8-13(28-2)9-15-17(14)24-20(23-15)25-19(27)16-7-11-5-3-4-6-12(11)10-22-16;1-5-3-2-4/h3-10H,1-2H3,(H,21,26)(H2,23,24,25,27);2-3H,1,4H2/b;3-2-. The zero-order valence-electron chi connectivity index (χ0n) is 18.1. The number of nitrogens with one attached hydrogen (secondary N) is 3. The minimum atomic E-state index is -0.404. The van der Waals surface area contributed by atoms with E-state index in [1.807, 2.05) is 24.3 Å². The number of H-pyrrole nitrogens is 1. The number of hydrogen-bond donors (Lipinski definition) is 4. The molecule has 2 amide bonds. The Bertz CT molecular complexity index is 1340. The highest BCUT2D eigenvalue weighted by molar-refractivity contribution is 6.08. The molecule has 2 aromatic heterocycles. The van der Waals surface area contributed by atoms with E-state index in [4.69, 9.17) is 10.5 Å². The third-order valence-corrected chi connectivity index (χ3v) is 4.55. The van der Waals surface area contributed by atoms with Gasteiger partial charge >= 0.3 is 0 Å². The molecular formula is C23H23N7O3. The van der Waals surface area contributed by atoms with Gasteiger partial charge in [-0.25, -0.2) is 4.98 Å². The second-order valence-electron chi connectivity index (χ2n) is 6.63. The number of hydrogen-bond acceptors (Lipinski definition) is 7. The molecule has 0 aliphatic carbocycles. The lowest BCUT2D eigenvalue weighted by Gasteiger charge is -2.04. The van der Waals surface area contributed by atoms with Crippen molar-refractivity contribution < 1.29 is 14.3 Å². The first-order valence-electron chi connectivity index (χ1n) is 9.79. The molecule has 0 radical (unpaired) electrons. The number of carbonyl (C=O) groups excluding carboxylic acids is 2. The first-order chi connectivity index (χ1) is 16.0. The van der Waals surface area contributed by atoms with Crippen molar-refractivity contribution >= 4 is 46.3 Å². The lowest BCUT2D eigenvalue weighted by atomic mass is 10.1. The number of amides is 2. The number of ether oxygens (including phenoxy) is 1. The van der Waals surface area contributed by atoms with Gasteiger partial charge in [0.05, 0.1) is 18.2 Å². The first kappa shape index (κ1) is 22.9. The van der Waals surface area contributed by atoms with E-state index >= 15 is 0 Å². The Morgan fingerprint density at radius 3 is 2.58 bits per heavy atom. The van der Waals surface area contributed by atoms with Crippen LogP contribution in [0.25, 0.3) is 21.8 Å². The number of aromatic amines is 1. The molecule has 4 rings (SSSR count). The van der Waals surface area contributed by atoms with E-state index < -0.39 is 5.91 Å². The maximum atomic E-state index is 12.6. The zero-order chi connectivity index (χ0) is 23.8. The molecule has 0 saturated carbocycles. The fourth-order valence-electron chi connectivity index (χ4n) is 3.02. The van der Waals surface area contributed by atoms with E-state index in [1.54, 1.807) is 24.4 Å². The fourth-order valence-corrected chi connectivity index (χ4v) is 3.02. The molecule has 4 aromatic rings. The van der Waals surface area contributed by atoms with Gasteiger partial charge in [0.2, 0.25) is 5.95 Å². The predicted molar refractivity (Wildman–Crippen MR) is 129 cm³/mol. The molecule has 168 valence electrons. The van der Waals surface area contributed by atoms with Gasteiger partial charge in [-0.1, -0.05) is 24.3 Å². The number of fused-ring (bicyclic) bond motifs is 2. The van der Waals surface area contributed by atoms with Crippen LogP contribution < -0.4 is 21.1 Å². The van der Waals surface area contributed by atoms with Gasteiger partial charge in [0.1, 0.15) is 17.0 Å². The SMILES string of the molecule is C=N/C=C\N.CNC(=O)c1cc(OC)cc2[nH]c(NC(=O)c3cc4ccccc4cn3)nc12. The summed E-state index contributed by atoms with van der Waals surface area (Å²) < 4.78 is 5.23. The van der Waals surface area contributed by atoms with Crippen molar-refractivity contribution in [1.82, 2.24) is 20.3 Å². The molecule has 0 atom stereocenters. The number of rotatable bonds is 5. The van der Waals surface area contributed by atoms with Crippen LogP contribution in [0.3, 0.4) is 0 Å². The van der Waals surface area contributed by atoms with Crippen LogP contribution in [0.1, 0.15) is 20.8 Å². The van der Waals surface area contributed by atoms with Gasteiger partial charge in [-0.2, -0.15) is 0 Å². The average molecular weight is 445 g/mol. The summed E-state index contributed by atoms with van der Waals surface area (Å²) in [5.41, 5.74) is 6.44. The maximum Gasteiger partial charge on any atom is 0.276 e. The number of aromatic nitrogens is 3. The van der Waals surface area contributed by atoms with Crippen LogP contribution in [-0.4, -0.2) is 47.6 Å². The molecule has 0 aliphatic heterocycles. The van der Waals surface area contributed by atoms with Crippen LogP contribution in [0, 0.1) is 0 Å². The lowest BCUT2D eigenvalue weighted by Crippen LogP contribution is -2.18. The first-order valence-corrected chi connectivity index (χ1v) is 9.79. The Labute approximate surface area is 189 Å². The van der Waals surface area contributed by atoms with Crippen molar-refractivity contribution in [2.75, 3.05) is 19.5 Å². The summed E-state index contributed by atoms with van der Waals surface area (Å²) in [4.78, 5) is 39.6. The van der Waals surface area contributed by atoms with Crippen molar-refractivity contribution in [3.05, 3.63) is 72.3 Å². The Balaban J connectivity index is 0.000000555. The van der Waals surface area contributed by atoms with Gasteiger partial charge in [0, 0.05) is 37.1 Å². The zero-order valence-corrected chi connectivity index (χ0v) is 18.1. The number of imidazole rings is 1. The Morgan fingerprint density at radius 2 is 1.94 bits per heavy atom. The smallest absolute Gasteiger partial charge is 0.276 e. The second kappa shape index (κ2) is 10.5. The summed E-state index contributed by atoms with van der Waals surface area (Å²) in [6, 6.07) is 12.7. The molecule has 0 bridgehead atoms. The Kier molecular flexibility index (Phi) is 7.32. The van der Waals surface area contributed by atoms with Crippen LogP contribution in [-0.2, 0) is 0 Å². The number of carbonyl (C=O) groups is 2. The van der Waals surface area contributed by atoms with Crippen LogP contribution in [0.4, 0.5) is 5.95 Å². The molecule has 33 heavy (non-hydrogen) atoms. The number of pyridine rings is 1. The monoisotopic (exact) mass is 445 g/mol. The summed E-state index contributed by atoms with van der Waals surface area (Å²) in [6.45, 7) is 3.13. The van der Waals surface area contributed by atoms with Crippen molar-refractivity contribution in [3.63, 3.8) is 0 Å². The van der Waals surface area contributed by atoms with Gasteiger partial charge in [-0.3, -0.25) is 24.9 Å². The number of benzene rings is 2. The normalized spacial score (nSPS) is 10.5. The number of nitrogens with zero attached hydrogens (tertiary/aromatic N) is 3. The van der Waals surface area contributed by atoms with Gasteiger partial charge in [-0.05, 0) is 24.2 Å². The minimum absolute atomic E-state index is 0.216.